The molecule has 2 rings (SSSR count). The van der Waals surface area contributed by atoms with Gasteiger partial charge in [-0.15, -0.1) is 11.6 Å². The molecule has 1 aromatic carbocycles. The van der Waals surface area contributed by atoms with E-state index in [0.717, 1.165) is 10.6 Å². The predicted octanol–water partition coefficient (Wildman–Crippen LogP) is 1.53. The lowest BCUT2D eigenvalue weighted by molar-refractivity contribution is 0.404. The molecule has 21 heavy (non-hydrogen) atoms. The van der Waals surface area contributed by atoms with Crippen molar-refractivity contribution in [1.82, 2.24) is 4.31 Å². The molecule has 0 spiro atoms. The molecule has 118 valence electrons. The quantitative estimate of drug-likeness (QED) is 0.753. The summed E-state index contributed by atoms with van der Waals surface area (Å²) in [7, 11) is -7.37. The molecule has 1 saturated heterocycles. The second-order valence-corrected chi connectivity index (χ2v) is 10.2. The summed E-state index contributed by atoms with van der Waals surface area (Å²) in [5.74, 6) is 0.886. The van der Waals surface area contributed by atoms with Crippen LogP contribution in [-0.2, 0) is 25.7 Å². The zero-order valence-corrected chi connectivity index (χ0v) is 14.6. The first-order valence-corrected chi connectivity index (χ1v) is 11.3. The zero-order valence-electron chi connectivity index (χ0n) is 11.4. The number of sulfonamides is 1. The lowest BCUT2D eigenvalue weighted by Gasteiger charge is -2.33. The lowest BCUT2D eigenvalue weighted by atomic mass is 10.2. The summed E-state index contributed by atoms with van der Waals surface area (Å²) in [5.41, 5.74) is 0.477. The average molecular weight is 370 g/mol. The molecule has 0 radical (unpaired) electrons. The van der Waals surface area contributed by atoms with E-state index in [4.69, 9.17) is 11.6 Å². The number of hydrogen-bond acceptors (Lipinski definition) is 5. The van der Waals surface area contributed by atoms with Gasteiger partial charge in [0.2, 0.25) is 10.0 Å². The van der Waals surface area contributed by atoms with Crippen molar-refractivity contribution in [2.24, 2.45) is 0 Å². The molecule has 1 aliphatic heterocycles. The molecule has 1 aliphatic rings. The van der Waals surface area contributed by atoms with Crippen LogP contribution in [0.5, 0.6) is 0 Å². The first-order chi connectivity index (χ1) is 9.78. The standard InChI is InChI=1S/C12H16ClNO4S3/c1-20(15,16)12-9-19-7-6-14(12)21(17,18)11-5-3-2-4-10(11)8-13/h2-5,12H,6-9H2,1H3. The fraction of sp³-hybridized carbons (Fsp3) is 0.500. The summed E-state index contributed by atoms with van der Waals surface area (Å²) in [6.07, 6.45) is 1.07. The molecule has 0 amide bonds. The number of thioether (sulfide) groups is 1. The summed E-state index contributed by atoms with van der Waals surface area (Å²) >= 11 is 7.24. The van der Waals surface area contributed by atoms with Crippen molar-refractivity contribution in [3.05, 3.63) is 29.8 Å². The van der Waals surface area contributed by atoms with Gasteiger partial charge in [0, 0.05) is 30.2 Å². The van der Waals surface area contributed by atoms with Crippen molar-refractivity contribution in [3.63, 3.8) is 0 Å². The van der Waals surface area contributed by atoms with Gasteiger partial charge in [-0.05, 0) is 11.6 Å². The van der Waals surface area contributed by atoms with Crippen LogP contribution in [0.3, 0.4) is 0 Å². The molecule has 9 heteroatoms. The van der Waals surface area contributed by atoms with E-state index in [2.05, 4.69) is 0 Å². The Bertz CT molecular complexity index is 718. The number of halogens is 1. The molecule has 1 unspecified atom stereocenters. The molecular weight excluding hydrogens is 354 g/mol. The maximum Gasteiger partial charge on any atom is 0.244 e. The molecule has 5 nitrogen and oxygen atoms in total. The minimum atomic E-state index is -3.88. The van der Waals surface area contributed by atoms with Crippen LogP contribution in [-0.4, -0.2) is 50.8 Å². The van der Waals surface area contributed by atoms with Crippen molar-refractivity contribution in [2.45, 2.75) is 16.1 Å². The smallest absolute Gasteiger partial charge is 0.227 e. The van der Waals surface area contributed by atoms with Crippen molar-refractivity contribution in [3.8, 4) is 0 Å². The highest BCUT2D eigenvalue weighted by atomic mass is 35.5. The van der Waals surface area contributed by atoms with Gasteiger partial charge in [-0.1, -0.05) is 18.2 Å². The van der Waals surface area contributed by atoms with Crippen LogP contribution in [0.25, 0.3) is 0 Å². The Morgan fingerprint density at radius 1 is 1.29 bits per heavy atom. The fourth-order valence-corrected chi connectivity index (χ4v) is 7.88. The largest absolute Gasteiger partial charge is 0.244 e. The maximum atomic E-state index is 12.8. The van der Waals surface area contributed by atoms with Crippen LogP contribution in [0.4, 0.5) is 0 Å². The molecule has 1 heterocycles. The number of sulfone groups is 1. The van der Waals surface area contributed by atoms with Gasteiger partial charge in [-0.2, -0.15) is 16.1 Å². The minimum Gasteiger partial charge on any atom is -0.227 e. The van der Waals surface area contributed by atoms with E-state index in [1.54, 1.807) is 18.2 Å². The average Bonchev–Trinajstić information content (AvgIpc) is 2.46. The van der Waals surface area contributed by atoms with Crippen LogP contribution in [0.1, 0.15) is 5.56 Å². The normalized spacial score (nSPS) is 21.3. The van der Waals surface area contributed by atoms with E-state index in [9.17, 15) is 16.8 Å². The molecule has 1 aromatic rings. The topological polar surface area (TPSA) is 71.5 Å². The van der Waals surface area contributed by atoms with E-state index in [0.29, 0.717) is 11.3 Å². The number of rotatable bonds is 4. The Morgan fingerprint density at radius 3 is 2.57 bits per heavy atom. The molecule has 0 bridgehead atoms. The van der Waals surface area contributed by atoms with E-state index < -0.39 is 25.2 Å². The Morgan fingerprint density at radius 2 is 1.95 bits per heavy atom. The van der Waals surface area contributed by atoms with Crippen molar-refractivity contribution in [1.29, 1.82) is 0 Å². The summed E-state index contributed by atoms with van der Waals surface area (Å²) < 4.78 is 50.5. The van der Waals surface area contributed by atoms with Crippen LogP contribution < -0.4 is 0 Å². The third kappa shape index (κ3) is 3.56. The van der Waals surface area contributed by atoms with Crippen molar-refractivity contribution >= 4 is 43.2 Å². The Labute approximate surface area is 134 Å². The molecule has 1 atom stereocenters. The molecule has 0 saturated carbocycles. The monoisotopic (exact) mass is 369 g/mol. The fourth-order valence-electron chi connectivity index (χ4n) is 2.17. The predicted molar refractivity (Wildman–Crippen MR) is 85.8 cm³/mol. The van der Waals surface area contributed by atoms with Gasteiger partial charge in [0.15, 0.2) is 9.84 Å². The minimum absolute atomic E-state index is 0.0571. The Balaban J connectivity index is 2.51. The van der Waals surface area contributed by atoms with Crippen molar-refractivity contribution in [2.75, 3.05) is 24.3 Å². The third-order valence-electron chi connectivity index (χ3n) is 3.24. The second-order valence-electron chi connectivity index (χ2n) is 4.72. The Hall–Kier alpha value is -0.280. The highest BCUT2D eigenvalue weighted by Crippen LogP contribution is 2.29. The van der Waals surface area contributed by atoms with E-state index >= 15 is 0 Å². The van der Waals surface area contributed by atoms with Gasteiger partial charge >= 0.3 is 0 Å². The van der Waals surface area contributed by atoms with Gasteiger partial charge in [-0.25, -0.2) is 16.8 Å². The number of alkyl halides is 1. The van der Waals surface area contributed by atoms with E-state index in [1.807, 2.05) is 0 Å². The lowest BCUT2D eigenvalue weighted by Crippen LogP contribution is -2.49. The third-order valence-corrected chi connectivity index (χ3v) is 8.31. The van der Waals surface area contributed by atoms with Crippen LogP contribution in [0, 0.1) is 0 Å². The molecule has 0 aliphatic carbocycles. The maximum absolute atomic E-state index is 12.8. The van der Waals surface area contributed by atoms with Crippen LogP contribution >= 0.6 is 23.4 Å². The van der Waals surface area contributed by atoms with Gasteiger partial charge < -0.3 is 0 Å². The number of nitrogens with zero attached hydrogens (tertiary/aromatic N) is 1. The molecular formula is C12H16ClNO4S3. The summed E-state index contributed by atoms with van der Waals surface area (Å²) in [6, 6.07) is 6.41. The van der Waals surface area contributed by atoms with Crippen LogP contribution in [0.15, 0.2) is 29.2 Å². The summed E-state index contributed by atoms with van der Waals surface area (Å²) in [5, 5.41) is -1.02. The number of hydrogen-bond donors (Lipinski definition) is 0. The van der Waals surface area contributed by atoms with E-state index in [-0.39, 0.29) is 23.1 Å². The van der Waals surface area contributed by atoms with Gasteiger partial charge in [0.1, 0.15) is 5.37 Å². The molecule has 0 aromatic heterocycles. The second kappa shape index (κ2) is 6.45. The summed E-state index contributed by atoms with van der Waals surface area (Å²) in [6.45, 7) is 0.182. The highest BCUT2D eigenvalue weighted by molar-refractivity contribution is 8.01. The van der Waals surface area contributed by atoms with Gasteiger partial charge in [0.25, 0.3) is 0 Å². The zero-order chi connectivity index (χ0) is 15.7. The van der Waals surface area contributed by atoms with Crippen LogP contribution in [0.2, 0.25) is 0 Å². The highest BCUT2D eigenvalue weighted by Gasteiger charge is 2.39. The molecule has 0 N–H and O–H groups in total. The molecule has 1 fully saturated rings. The first-order valence-electron chi connectivity index (χ1n) is 6.21. The van der Waals surface area contributed by atoms with Crippen molar-refractivity contribution < 1.29 is 16.8 Å². The Kier molecular flexibility index (Phi) is 5.25. The first kappa shape index (κ1) is 17.1. The SMILES string of the molecule is CS(=O)(=O)C1CSCCN1S(=O)(=O)c1ccccc1CCl. The van der Waals surface area contributed by atoms with Gasteiger partial charge in [0.05, 0.1) is 4.90 Å². The summed E-state index contributed by atoms with van der Waals surface area (Å²) in [4.78, 5) is 0.0838. The van der Waals surface area contributed by atoms with E-state index in [1.165, 1.54) is 17.8 Å². The van der Waals surface area contributed by atoms with Gasteiger partial charge in [-0.3, -0.25) is 0 Å². The number of benzene rings is 1.